The van der Waals surface area contributed by atoms with Gasteiger partial charge in [0, 0.05) is 30.0 Å². The molecule has 0 radical (unpaired) electrons. The molecule has 1 aliphatic heterocycles. The molecule has 136 valence electrons. The molecule has 0 saturated carbocycles. The lowest BCUT2D eigenvalue weighted by molar-refractivity contribution is -0.123. The van der Waals surface area contributed by atoms with Crippen molar-refractivity contribution >= 4 is 28.9 Å². The number of hydrogen-bond acceptors (Lipinski definition) is 4. The van der Waals surface area contributed by atoms with Crippen molar-refractivity contribution in [1.82, 2.24) is 4.90 Å². The maximum absolute atomic E-state index is 12.7. The molecule has 2 aromatic rings. The normalized spacial score (nSPS) is 17.1. The summed E-state index contributed by atoms with van der Waals surface area (Å²) in [6.07, 6.45) is 2.03. The molecular formula is C20H22N2O3S. The number of rotatable bonds is 5. The second-order valence-electron chi connectivity index (χ2n) is 6.51. The van der Waals surface area contributed by atoms with Crippen molar-refractivity contribution in [2.75, 3.05) is 13.1 Å². The summed E-state index contributed by atoms with van der Waals surface area (Å²) in [5.74, 6) is -0.529. The Hall–Kier alpha value is -2.47. The molecule has 1 aromatic heterocycles. The molecule has 1 saturated heterocycles. The Morgan fingerprint density at radius 1 is 1.15 bits per heavy atom. The fourth-order valence-electron chi connectivity index (χ4n) is 3.17. The smallest absolute Gasteiger partial charge is 0.253 e. The van der Waals surface area contributed by atoms with E-state index < -0.39 is 0 Å². The number of primary amides is 1. The van der Waals surface area contributed by atoms with Crippen molar-refractivity contribution in [3.8, 4) is 10.4 Å². The summed E-state index contributed by atoms with van der Waals surface area (Å²) in [5, 5.41) is 0. The van der Waals surface area contributed by atoms with E-state index in [0.29, 0.717) is 25.1 Å². The molecule has 3 rings (SSSR count). The van der Waals surface area contributed by atoms with E-state index in [2.05, 4.69) is 0 Å². The highest BCUT2D eigenvalue weighted by Crippen LogP contribution is 2.29. The minimum absolute atomic E-state index is 0.0736. The first-order chi connectivity index (χ1) is 12.5. The largest absolute Gasteiger partial charge is 0.369 e. The van der Waals surface area contributed by atoms with Crippen LogP contribution in [0.5, 0.6) is 0 Å². The summed E-state index contributed by atoms with van der Waals surface area (Å²) in [6, 6.07) is 11.2. The van der Waals surface area contributed by atoms with Crippen LogP contribution in [0.3, 0.4) is 0 Å². The molecular weight excluding hydrogens is 348 g/mol. The summed E-state index contributed by atoms with van der Waals surface area (Å²) < 4.78 is 0. The fraction of sp³-hybridized carbons (Fsp3) is 0.350. The number of hydrogen-bond donors (Lipinski definition) is 1. The first-order valence-corrected chi connectivity index (χ1v) is 9.63. The van der Waals surface area contributed by atoms with Crippen LogP contribution in [0.1, 0.15) is 46.2 Å². The zero-order valence-electron chi connectivity index (χ0n) is 14.7. The molecule has 0 aliphatic carbocycles. The van der Waals surface area contributed by atoms with Crippen LogP contribution in [0.4, 0.5) is 0 Å². The molecule has 1 unspecified atom stereocenters. The van der Waals surface area contributed by atoms with Gasteiger partial charge in [-0.05, 0) is 42.7 Å². The van der Waals surface area contributed by atoms with E-state index in [4.69, 9.17) is 5.73 Å². The Bertz CT molecular complexity index is 826. The Morgan fingerprint density at radius 2 is 1.88 bits per heavy atom. The summed E-state index contributed by atoms with van der Waals surface area (Å²) in [4.78, 5) is 39.3. The number of nitrogens with two attached hydrogens (primary N) is 1. The van der Waals surface area contributed by atoms with Gasteiger partial charge in [0.2, 0.25) is 5.91 Å². The molecule has 1 atom stereocenters. The van der Waals surface area contributed by atoms with Gasteiger partial charge in [-0.1, -0.05) is 19.1 Å². The van der Waals surface area contributed by atoms with Crippen LogP contribution >= 0.6 is 11.3 Å². The number of carbonyl (C=O) groups excluding carboxylic acids is 3. The zero-order chi connectivity index (χ0) is 18.7. The van der Waals surface area contributed by atoms with Crippen molar-refractivity contribution in [3.05, 3.63) is 46.8 Å². The molecule has 2 heterocycles. The standard InChI is InChI=1S/C20H22N2O3S/c1-2-16(23)18-10-9-17(26-18)13-5-7-14(8-6-13)20(25)22-11-3-4-15(12-22)19(21)24/h5-10,15H,2-4,11-12H2,1H3,(H2,21,24). The van der Waals surface area contributed by atoms with Gasteiger partial charge in [-0.15, -0.1) is 11.3 Å². The van der Waals surface area contributed by atoms with Crippen molar-refractivity contribution in [1.29, 1.82) is 0 Å². The molecule has 0 bridgehead atoms. The molecule has 0 spiro atoms. The highest BCUT2D eigenvalue weighted by molar-refractivity contribution is 7.17. The van der Waals surface area contributed by atoms with Gasteiger partial charge in [0.1, 0.15) is 0 Å². The van der Waals surface area contributed by atoms with E-state index in [1.165, 1.54) is 11.3 Å². The van der Waals surface area contributed by atoms with Crippen molar-refractivity contribution in [2.24, 2.45) is 11.7 Å². The molecule has 1 aromatic carbocycles. The minimum Gasteiger partial charge on any atom is -0.369 e. The minimum atomic E-state index is -0.340. The number of ketones is 1. The van der Waals surface area contributed by atoms with E-state index in [0.717, 1.165) is 28.2 Å². The Kier molecular flexibility index (Phi) is 5.52. The molecule has 26 heavy (non-hydrogen) atoms. The van der Waals surface area contributed by atoms with Gasteiger partial charge >= 0.3 is 0 Å². The van der Waals surface area contributed by atoms with Gasteiger partial charge in [0.25, 0.3) is 5.91 Å². The Morgan fingerprint density at radius 3 is 2.54 bits per heavy atom. The van der Waals surface area contributed by atoms with Gasteiger partial charge in [-0.25, -0.2) is 0 Å². The summed E-state index contributed by atoms with van der Waals surface area (Å²) in [7, 11) is 0. The average Bonchev–Trinajstić information content (AvgIpc) is 3.17. The zero-order valence-corrected chi connectivity index (χ0v) is 15.6. The number of likely N-dealkylation sites (tertiary alicyclic amines) is 1. The predicted octanol–water partition coefficient (Wildman–Crippen LogP) is 3.35. The highest BCUT2D eigenvalue weighted by atomic mass is 32.1. The molecule has 2 amide bonds. The van der Waals surface area contributed by atoms with Crippen LogP contribution in [0, 0.1) is 5.92 Å². The number of Topliss-reactive ketones (excluding diaryl/α,β-unsaturated/α-hetero) is 1. The van der Waals surface area contributed by atoms with Crippen molar-refractivity contribution < 1.29 is 14.4 Å². The number of thiophene rings is 1. The number of benzene rings is 1. The van der Waals surface area contributed by atoms with Gasteiger partial charge in [-0.3, -0.25) is 14.4 Å². The topological polar surface area (TPSA) is 80.5 Å². The monoisotopic (exact) mass is 370 g/mol. The summed E-state index contributed by atoms with van der Waals surface area (Å²) in [5.41, 5.74) is 6.97. The molecule has 1 fully saturated rings. The van der Waals surface area contributed by atoms with Gasteiger partial charge in [0.15, 0.2) is 5.78 Å². The lowest BCUT2D eigenvalue weighted by Crippen LogP contribution is -2.44. The molecule has 2 N–H and O–H groups in total. The van der Waals surface area contributed by atoms with E-state index in [1.54, 1.807) is 17.0 Å². The van der Waals surface area contributed by atoms with Crippen LogP contribution in [0.15, 0.2) is 36.4 Å². The first kappa shape index (κ1) is 18.3. The van der Waals surface area contributed by atoms with Crippen molar-refractivity contribution in [2.45, 2.75) is 26.2 Å². The average molecular weight is 370 g/mol. The lowest BCUT2D eigenvalue weighted by Gasteiger charge is -2.31. The number of carbonyl (C=O) groups is 3. The molecule has 6 heteroatoms. The quantitative estimate of drug-likeness (QED) is 0.820. The number of nitrogens with zero attached hydrogens (tertiary/aromatic N) is 1. The maximum atomic E-state index is 12.7. The Balaban J connectivity index is 1.73. The van der Waals surface area contributed by atoms with Crippen LogP contribution in [-0.4, -0.2) is 35.6 Å². The second-order valence-corrected chi connectivity index (χ2v) is 7.59. The first-order valence-electron chi connectivity index (χ1n) is 8.81. The van der Waals surface area contributed by atoms with E-state index >= 15 is 0 Å². The van der Waals surface area contributed by atoms with Gasteiger partial charge < -0.3 is 10.6 Å². The van der Waals surface area contributed by atoms with Crippen LogP contribution < -0.4 is 5.73 Å². The second kappa shape index (κ2) is 7.83. The van der Waals surface area contributed by atoms with Crippen LogP contribution in [0.2, 0.25) is 0 Å². The highest BCUT2D eigenvalue weighted by Gasteiger charge is 2.27. The van der Waals surface area contributed by atoms with Crippen LogP contribution in [-0.2, 0) is 4.79 Å². The number of piperidine rings is 1. The summed E-state index contributed by atoms with van der Waals surface area (Å²) in [6.45, 7) is 2.90. The predicted molar refractivity (Wildman–Crippen MR) is 102 cm³/mol. The van der Waals surface area contributed by atoms with Crippen LogP contribution in [0.25, 0.3) is 10.4 Å². The van der Waals surface area contributed by atoms with Gasteiger partial charge in [-0.2, -0.15) is 0 Å². The molecule has 1 aliphatic rings. The van der Waals surface area contributed by atoms with Gasteiger partial charge in [0.05, 0.1) is 10.8 Å². The third-order valence-corrected chi connectivity index (χ3v) is 5.90. The van der Waals surface area contributed by atoms with Crippen molar-refractivity contribution in [3.63, 3.8) is 0 Å². The van der Waals surface area contributed by atoms with E-state index in [9.17, 15) is 14.4 Å². The fourth-order valence-corrected chi connectivity index (χ4v) is 4.19. The van der Waals surface area contributed by atoms with E-state index in [1.807, 2.05) is 31.2 Å². The number of amides is 2. The SMILES string of the molecule is CCC(=O)c1ccc(-c2ccc(C(=O)N3CCCC(C(N)=O)C3)cc2)s1. The Labute approximate surface area is 156 Å². The maximum Gasteiger partial charge on any atom is 0.253 e. The third kappa shape index (κ3) is 3.85. The lowest BCUT2D eigenvalue weighted by atomic mass is 9.97. The van der Waals surface area contributed by atoms with E-state index in [-0.39, 0.29) is 23.5 Å². The third-order valence-electron chi connectivity index (χ3n) is 4.73. The molecule has 5 nitrogen and oxygen atoms in total. The summed E-state index contributed by atoms with van der Waals surface area (Å²) >= 11 is 1.47.